The normalized spacial score (nSPS) is 12.2. The third-order valence-electron chi connectivity index (χ3n) is 3.40. The average molecular weight is 352 g/mol. The van der Waals surface area contributed by atoms with Gasteiger partial charge in [-0.3, -0.25) is 0 Å². The number of halogens is 2. The third kappa shape index (κ3) is 3.44. The zero-order chi connectivity index (χ0) is 15.4. The van der Waals surface area contributed by atoms with Gasteiger partial charge in [-0.25, -0.2) is 4.39 Å². The summed E-state index contributed by atoms with van der Waals surface area (Å²) >= 11 is 3.25. The molecule has 0 bridgehead atoms. The maximum absolute atomic E-state index is 14.5. The van der Waals surface area contributed by atoms with E-state index < -0.39 is 0 Å². The summed E-state index contributed by atoms with van der Waals surface area (Å²) in [4.78, 5) is 0. The quantitative estimate of drug-likeness (QED) is 0.849. The second-order valence-electron chi connectivity index (χ2n) is 4.88. The Morgan fingerprint density at radius 1 is 1.24 bits per heavy atom. The van der Waals surface area contributed by atoms with Crippen LogP contribution in [-0.2, 0) is 0 Å². The molecule has 21 heavy (non-hydrogen) atoms. The Hall–Kier alpha value is -1.39. The van der Waals surface area contributed by atoms with Crippen LogP contribution in [0.4, 0.5) is 4.39 Å². The van der Waals surface area contributed by atoms with Crippen LogP contribution in [0.15, 0.2) is 40.9 Å². The summed E-state index contributed by atoms with van der Waals surface area (Å²) in [5.74, 6) is 0.512. The Balaban J connectivity index is 2.58. The highest BCUT2D eigenvalue weighted by atomic mass is 79.9. The van der Waals surface area contributed by atoms with Crippen molar-refractivity contribution in [2.45, 2.75) is 19.9 Å². The average Bonchev–Trinajstić information content (AvgIpc) is 2.48. The lowest BCUT2D eigenvalue weighted by molar-refractivity contribution is 0.403. The number of ether oxygens (including phenoxy) is 1. The van der Waals surface area contributed by atoms with Crippen molar-refractivity contribution in [1.82, 2.24) is 5.32 Å². The smallest absolute Gasteiger partial charge is 0.142 e. The summed E-state index contributed by atoms with van der Waals surface area (Å²) < 4.78 is 20.4. The van der Waals surface area contributed by atoms with Crippen molar-refractivity contribution in [3.63, 3.8) is 0 Å². The summed E-state index contributed by atoms with van der Waals surface area (Å²) in [6.07, 6.45) is 0. The maximum atomic E-state index is 14.5. The van der Waals surface area contributed by atoms with E-state index in [2.05, 4.69) is 21.2 Å². The Bertz CT molecular complexity index is 630. The van der Waals surface area contributed by atoms with Crippen LogP contribution in [0.25, 0.3) is 0 Å². The Morgan fingerprint density at radius 2 is 2.00 bits per heavy atom. The molecule has 0 heterocycles. The van der Waals surface area contributed by atoms with E-state index >= 15 is 0 Å². The number of rotatable bonds is 5. The predicted molar refractivity (Wildman–Crippen MR) is 87.4 cm³/mol. The van der Waals surface area contributed by atoms with Crippen molar-refractivity contribution in [1.29, 1.82) is 0 Å². The minimum Gasteiger partial charge on any atom is -0.496 e. The second-order valence-corrected chi connectivity index (χ2v) is 5.73. The second kappa shape index (κ2) is 7.05. The summed E-state index contributed by atoms with van der Waals surface area (Å²) in [5, 5.41) is 3.34. The van der Waals surface area contributed by atoms with E-state index in [1.807, 2.05) is 38.1 Å². The monoisotopic (exact) mass is 351 g/mol. The summed E-state index contributed by atoms with van der Waals surface area (Å²) in [7, 11) is 1.63. The lowest BCUT2D eigenvalue weighted by Gasteiger charge is -2.22. The third-order valence-corrected chi connectivity index (χ3v) is 4.01. The van der Waals surface area contributed by atoms with Crippen molar-refractivity contribution in [2.24, 2.45) is 0 Å². The Morgan fingerprint density at radius 3 is 2.67 bits per heavy atom. The van der Waals surface area contributed by atoms with E-state index in [9.17, 15) is 4.39 Å². The molecule has 2 aromatic carbocycles. The molecule has 2 rings (SSSR count). The van der Waals surface area contributed by atoms with Gasteiger partial charge in [0.1, 0.15) is 11.6 Å². The van der Waals surface area contributed by atoms with Gasteiger partial charge in [0.2, 0.25) is 0 Å². The van der Waals surface area contributed by atoms with Crippen molar-refractivity contribution < 1.29 is 9.13 Å². The van der Waals surface area contributed by atoms with Gasteiger partial charge in [-0.05, 0) is 41.5 Å². The van der Waals surface area contributed by atoms with Crippen LogP contribution in [-0.4, -0.2) is 13.7 Å². The molecule has 0 aliphatic heterocycles. The van der Waals surface area contributed by atoms with Gasteiger partial charge < -0.3 is 10.1 Å². The zero-order valence-electron chi connectivity index (χ0n) is 12.4. The van der Waals surface area contributed by atoms with E-state index in [1.54, 1.807) is 19.2 Å². The molecule has 0 radical (unpaired) electrons. The summed E-state index contributed by atoms with van der Waals surface area (Å²) in [5.41, 5.74) is 2.66. The predicted octanol–water partition coefficient (Wildman–Crippen LogP) is 4.60. The minimum absolute atomic E-state index is 0.244. The molecule has 0 aliphatic carbocycles. The molecule has 0 amide bonds. The molecule has 4 heteroatoms. The van der Waals surface area contributed by atoms with E-state index in [0.29, 0.717) is 10.0 Å². The fraction of sp³-hybridized carbons (Fsp3) is 0.294. The highest BCUT2D eigenvalue weighted by molar-refractivity contribution is 9.10. The van der Waals surface area contributed by atoms with Crippen LogP contribution in [0.1, 0.15) is 29.7 Å². The van der Waals surface area contributed by atoms with Gasteiger partial charge in [-0.2, -0.15) is 0 Å². The van der Waals surface area contributed by atoms with Crippen LogP contribution in [0.5, 0.6) is 5.75 Å². The van der Waals surface area contributed by atoms with Crippen LogP contribution >= 0.6 is 15.9 Å². The first kappa shape index (κ1) is 16.0. The first-order chi connectivity index (χ1) is 10.1. The molecule has 1 atom stereocenters. The maximum Gasteiger partial charge on any atom is 0.142 e. The fourth-order valence-corrected chi connectivity index (χ4v) is 2.80. The molecule has 2 nitrogen and oxygen atoms in total. The van der Waals surface area contributed by atoms with E-state index in [0.717, 1.165) is 23.4 Å². The van der Waals surface area contributed by atoms with E-state index in [-0.39, 0.29) is 11.9 Å². The van der Waals surface area contributed by atoms with Gasteiger partial charge in [-0.15, -0.1) is 0 Å². The van der Waals surface area contributed by atoms with E-state index in [4.69, 9.17) is 4.74 Å². The van der Waals surface area contributed by atoms with Crippen molar-refractivity contribution in [3.8, 4) is 5.75 Å². The molecule has 0 saturated heterocycles. The lowest BCUT2D eigenvalue weighted by Crippen LogP contribution is -2.23. The largest absolute Gasteiger partial charge is 0.496 e. The number of benzene rings is 2. The Kier molecular flexibility index (Phi) is 5.37. The van der Waals surface area contributed by atoms with Gasteiger partial charge in [0, 0.05) is 11.1 Å². The summed E-state index contributed by atoms with van der Waals surface area (Å²) in [6, 6.07) is 11.0. The van der Waals surface area contributed by atoms with Crippen molar-refractivity contribution in [3.05, 3.63) is 63.4 Å². The molecular weight excluding hydrogens is 333 g/mol. The number of hydrogen-bond donors (Lipinski definition) is 1. The van der Waals surface area contributed by atoms with Crippen LogP contribution in [0.3, 0.4) is 0 Å². The molecule has 0 aliphatic rings. The standard InChI is InChI=1S/C17H19BrFNO/c1-4-20-17(12-6-5-7-14(18)16(12)19)13-10-11(2)8-9-15(13)21-3/h5-10,17,20H,4H2,1-3H3. The molecule has 0 fully saturated rings. The molecule has 0 aromatic heterocycles. The van der Waals surface area contributed by atoms with Gasteiger partial charge in [-0.1, -0.05) is 36.8 Å². The van der Waals surface area contributed by atoms with Gasteiger partial charge >= 0.3 is 0 Å². The zero-order valence-corrected chi connectivity index (χ0v) is 14.0. The molecule has 0 saturated carbocycles. The number of methoxy groups -OCH3 is 1. The van der Waals surface area contributed by atoms with Crippen molar-refractivity contribution >= 4 is 15.9 Å². The topological polar surface area (TPSA) is 21.3 Å². The van der Waals surface area contributed by atoms with Crippen LogP contribution in [0.2, 0.25) is 0 Å². The number of nitrogens with one attached hydrogen (secondary N) is 1. The van der Waals surface area contributed by atoms with Crippen LogP contribution < -0.4 is 10.1 Å². The highest BCUT2D eigenvalue weighted by Crippen LogP contribution is 2.33. The SMILES string of the molecule is CCNC(c1cc(C)ccc1OC)c1cccc(Br)c1F. The molecule has 1 N–H and O–H groups in total. The van der Waals surface area contributed by atoms with Gasteiger partial charge in [0.05, 0.1) is 17.6 Å². The minimum atomic E-state index is -0.248. The van der Waals surface area contributed by atoms with Crippen molar-refractivity contribution in [2.75, 3.05) is 13.7 Å². The summed E-state index contributed by atoms with van der Waals surface area (Å²) in [6.45, 7) is 4.75. The fourth-order valence-electron chi connectivity index (χ4n) is 2.41. The van der Waals surface area contributed by atoms with Gasteiger partial charge in [0.25, 0.3) is 0 Å². The van der Waals surface area contributed by atoms with Gasteiger partial charge in [0.15, 0.2) is 0 Å². The molecule has 112 valence electrons. The first-order valence-electron chi connectivity index (χ1n) is 6.90. The molecule has 2 aromatic rings. The number of aryl methyl sites for hydroxylation is 1. The molecular formula is C17H19BrFNO. The molecule has 0 spiro atoms. The highest BCUT2D eigenvalue weighted by Gasteiger charge is 2.21. The number of hydrogen-bond acceptors (Lipinski definition) is 2. The Labute approximate surface area is 133 Å². The van der Waals surface area contributed by atoms with E-state index in [1.165, 1.54) is 0 Å². The molecule has 1 unspecified atom stereocenters. The lowest BCUT2D eigenvalue weighted by atomic mass is 9.96. The van der Waals surface area contributed by atoms with Crippen LogP contribution in [0, 0.1) is 12.7 Å². The first-order valence-corrected chi connectivity index (χ1v) is 7.69.